The van der Waals surface area contributed by atoms with Crippen LogP contribution >= 0.6 is 0 Å². The highest BCUT2D eigenvalue weighted by Gasteiger charge is 2.16. The summed E-state index contributed by atoms with van der Waals surface area (Å²) in [6.45, 7) is 2.06. The van der Waals surface area contributed by atoms with Gasteiger partial charge in [0.05, 0.1) is 0 Å². The van der Waals surface area contributed by atoms with Crippen molar-refractivity contribution in [3.63, 3.8) is 0 Å². The van der Waals surface area contributed by atoms with Crippen LogP contribution in [0.25, 0.3) is 0 Å². The molecule has 0 aliphatic carbocycles. The SMILES string of the molecule is CC[C@@H](NC(=O)NCCCCC(N)=O)C(=O)O. The Labute approximate surface area is 99.7 Å². The molecule has 1 atom stereocenters. The zero-order chi connectivity index (χ0) is 13.3. The Morgan fingerprint density at radius 1 is 1.29 bits per heavy atom. The summed E-state index contributed by atoms with van der Waals surface area (Å²) in [5.74, 6) is -1.43. The third-order valence-corrected chi connectivity index (χ3v) is 2.15. The third kappa shape index (κ3) is 8.06. The van der Waals surface area contributed by atoms with E-state index in [0.717, 1.165) is 0 Å². The fraction of sp³-hybridized carbons (Fsp3) is 0.700. The Kier molecular flexibility index (Phi) is 7.49. The summed E-state index contributed by atoms with van der Waals surface area (Å²) < 4.78 is 0. The lowest BCUT2D eigenvalue weighted by atomic mass is 10.2. The number of carboxylic acid groups (broad SMARTS) is 1. The first-order chi connectivity index (χ1) is 7.97. The largest absolute Gasteiger partial charge is 0.480 e. The van der Waals surface area contributed by atoms with E-state index in [1.54, 1.807) is 6.92 Å². The lowest BCUT2D eigenvalue weighted by molar-refractivity contribution is -0.139. The van der Waals surface area contributed by atoms with E-state index in [1.807, 2.05) is 0 Å². The number of carbonyl (C=O) groups excluding carboxylic acids is 2. The van der Waals surface area contributed by atoms with Crippen LogP contribution in [0.4, 0.5) is 4.79 Å². The van der Waals surface area contributed by atoms with E-state index in [2.05, 4.69) is 10.6 Å². The Balaban J connectivity index is 3.65. The number of unbranched alkanes of at least 4 members (excludes halogenated alkanes) is 1. The second kappa shape index (κ2) is 8.37. The topological polar surface area (TPSA) is 122 Å². The molecule has 7 heteroatoms. The van der Waals surface area contributed by atoms with Gasteiger partial charge in [0.1, 0.15) is 6.04 Å². The molecule has 3 amide bonds. The average molecular weight is 245 g/mol. The van der Waals surface area contributed by atoms with Crippen LogP contribution < -0.4 is 16.4 Å². The van der Waals surface area contributed by atoms with E-state index in [4.69, 9.17) is 10.8 Å². The molecule has 0 aromatic rings. The van der Waals surface area contributed by atoms with E-state index in [9.17, 15) is 14.4 Å². The maximum atomic E-state index is 11.2. The molecule has 98 valence electrons. The van der Waals surface area contributed by atoms with Gasteiger partial charge < -0.3 is 21.5 Å². The number of amides is 3. The summed E-state index contributed by atoms with van der Waals surface area (Å²) in [6.07, 6.45) is 1.84. The molecular weight excluding hydrogens is 226 g/mol. The molecule has 0 aliphatic heterocycles. The molecule has 0 heterocycles. The number of hydrogen-bond acceptors (Lipinski definition) is 3. The highest BCUT2D eigenvalue weighted by Crippen LogP contribution is 1.93. The van der Waals surface area contributed by atoms with Gasteiger partial charge in [0.2, 0.25) is 5.91 Å². The molecule has 0 aliphatic rings. The number of primary amides is 1. The van der Waals surface area contributed by atoms with Crippen molar-refractivity contribution in [2.75, 3.05) is 6.54 Å². The second-order valence-corrected chi connectivity index (χ2v) is 3.62. The van der Waals surface area contributed by atoms with Gasteiger partial charge in [-0.2, -0.15) is 0 Å². The van der Waals surface area contributed by atoms with Crippen LogP contribution in [0, 0.1) is 0 Å². The highest BCUT2D eigenvalue weighted by atomic mass is 16.4. The van der Waals surface area contributed by atoms with Crippen molar-refractivity contribution in [3.05, 3.63) is 0 Å². The molecule has 0 spiro atoms. The Hall–Kier alpha value is -1.79. The van der Waals surface area contributed by atoms with Crippen molar-refractivity contribution in [1.29, 1.82) is 0 Å². The number of rotatable bonds is 8. The zero-order valence-electron chi connectivity index (χ0n) is 9.86. The van der Waals surface area contributed by atoms with Crippen LogP contribution in [-0.2, 0) is 9.59 Å². The van der Waals surface area contributed by atoms with Crippen LogP contribution in [0.5, 0.6) is 0 Å². The smallest absolute Gasteiger partial charge is 0.326 e. The zero-order valence-corrected chi connectivity index (χ0v) is 9.86. The molecule has 7 nitrogen and oxygen atoms in total. The fourth-order valence-electron chi connectivity index (χ4n) is 1.17. The molecular formula is C10H19N3O4. The molecule has 0 saturated heterocycles. The first-order valence-electron chi connectivity index (χ1n) is 5.52. The van der Waals surface area contributed by atoms with Crippen molar-refractivity contribution >= 4 is 17.9 Å². The van der Waals surface area contributed by atoms with Gasteiger partial charge in [-0.15, -0.1) is 0 Å². The monoisotopic (exact) mass is 245 g/mol. The van der Waals surface area contributed by atoms with Crippen LogP contribution in [0.1, 0.15) is 32.6 Å². The van der Waals surface area contributed by atoms with Gasteiger partial charge in [-0.25, -0.2) is 9.59 Å². The van der Waals surface area contributed by atoms with E-state index in [1.165, 1.54) is 0 Å². The number of carboxylic acids is 1. The van der Waals surface area contributed by atoms with Crippen molar-refractivity contribution in [1.82, 2.24) is 10.6 Å². The van der Waals surface area contributed by atoms with Crippen molar-refractivity contribution < 1.29 is 19.5 Å². The van der Waals surface area contributed by atoms with Gasteiger partial charge in [0, 0.05) is 13.0 Å². The molecule has 0 aromatic heterocycles. The normalized spacial score (nSPS) is 11.6. The molecule has 0 unspecified atom stereocenters. The summed E-state index contributed by atoms with van der Waals surface area (Å²) in [5, 5.41) is 13.5. The van der Waals surface area contributed by atoms with Crippen molar-refractivity contribution in [3.8, 4) is 0 Å². The van der Waals surface area contributed by atoms with Crippen LogP contribution in [-0.4, -0.2) is 35.6 Å². The number of aliphatic carboxylic acids is 1. The number of nitrogens with one attached hydrogen (secondary N) is 2. The van der Waals surface area contributed by atoms with Gasteiger partial charge in [-0.3, -0.25) is 4.79 Å². The predicted molar refractivity (Wildman–Crippen MR) is 61.3 cm³/mol. The Bertz CT molecular complexity index is 281. The van der Waals surface area contributed by atoms with Crippen LogP contribution in [0.3, 0.4) is 0 Å². The highest BCUT2D eigenvalue weighted by molar-refractivity contribution is 5.82. The molecule has 0 bridgehead atoms. The summed E-state index contributed by atoms with van der Waals surface area (Å²) in [6, 6.07) is -1.39. The number of urea groups is 1. The predicted octanol–water partition coefficient (Wildman–Crippen LogP) is -0.196. The lowest BCUT2D eigenvalue weighted by Crippen LogP contribution is -2.45. The summed E-state index contributed by atoms with van der Waals surface area (Å²) in [7, 11) is 0. The van der Waals surface area contributed by atoms with E-state index < -0.39 is 18.0 Å². The van der Waals surface area contributed by atoms with E-state index in [0.29, 0.717) is 25.8 Å². The summed E-state index contributed by atoms with van der Waals surface area (Å²) >= 11 is 0. The average Bonchev–Trinajstić information content (AvgIpc) is 2.24. The maximum Gasteiger partial charge on any atom is 0.326 e. The van der Waals surface area contributed by atoms with Gasteiger partial charge in [-0.05, 0) is 19.3 Å². The van der Waals surface area contributed by atoms with E-state index >= 15 is 0 Å². The summed E-state index contributed by atoms with van der Waals surface area (Å²) in [4.78, 5) is 32.3. The van der Waals surface area contributed by atoms with Crippen molar-refractivity contribution in [2.24, 2.45) is 5.73 Å². The molecule has 0 rings (SSSR count). The van der Waals surface area contributed by atoms with Gasteiger partial charge >= 0.3 is 12.0 Å². The summed E-state index contributed by atoms with van der Waals surface area (Å²) in [5.41, 5.74) is 4.95. The Morgan fingerprint density at radius 3 is 2.41 bits per heavy atom. The van der Waals surface area contributed by atoms with Crippen molar-refractivity contribution in [2.45, 2.75) is 38.6 Å². The van der Waals surface area contributed by atoms with Crippen LogP contribution in [0.2, 0.25) is 0 Å². The Morgan fingerprint density at radius 2 is 1.94 bits per heavy atom. The van der Waals surface area contributed by atoms with Crippen LogP contribution in [0.15, 0.2) is 0 Å². The fourth-order valence-corrected chi connectivity index (χ4v) is 1.17. The van der Waals surface area contributed by atoms with Gasteiger partial charge in [0.25, 0.3) is 0 Å². The quantitative estimate of drug-likeness (QED) is 0.442. The first-order valence-corrected chi connectivity index (χ1v) is 5.52. The number of nitrogens with two attached hydrogens (primary N) is 1. The molecule has 0 aromatic carbocycles. The number of carbonyl (C=O) groups is 3. The minimum absolute atomic E-state index is 0.288. The molecule has 0 fully saturated rings. The lowest BCUT2D eigenvalue weighted by Gasteiger charge is -2.12. The van der Waals surface area contributed by atoms with E-state index in [-0.39, 0.29) is 12.3 Å². The third-order valence-electron chi connectivity index (χ3n) is 2.15. The second-order valence-electron chi connectivity index (χ2n) is 3.62. The molecule has 17 heavy (non-hydrogen) atoms. The van der Waals surface area contributed by atoms with Gasteiger partial charge in [0.15, 0.2) is 0 Å². The molecule has 5 N–H and O–H groups in total. The maximum absolute atomic E-state index is 11.2. The minimum atomic E-state index is -1.06. The standard InChI is InChI=1S/C10H19N3O4/c1-2-7(9(15)16)13-10(17)12-6-4-3-5-8(11)14/h7H,2-6H2,1H3,(H2,11,14)(H,15,16)(H2,12,13,17)/t7-/m1/s1. The van der Waals surface area contributed by atoms with Gasteiger partial charge in [-0.1, -0.05) is 6.92 Å². The molecule has 0 saturated carbocycles. The molecule has 0 radical (unpaired) electrons. The minimum Gasteiger partial charge on any atom is -0.480 e. The first kappa shape index (κ1) is 15.2. The number of hydrogen-bond donors (Lipinski definition) is 4.